The molecule has 0 spiro atoms. The highest BCUT2D eigenvalue weighted by Crippen LogP contribution is 2.13. The maximum absolute atomic E-state index is 12.8. The largest absolute Gasteiger partial charge is 0.491 e. The van der Waals surface area contributed by atoms with Gasteiger partial charge < -0.3 is 9.68 Å². The van der Waals surface area contributed by atoms with E-state index in [0.717, 1.165) is 16.6 Å². The minimum absolute atomic E-state index is 0.0849. The molecule has 20 heavy (non-hydrogen) atoms. The van der Waals surface area contributed by atoms with Gasteiger partial charge in [0, 0.05) is 12.0 Å². The van der Waals surface area contributed by atoms with Crippen molar-refractivity contribution >= 4 is 18.4 Å². The summed E-state index contributed by atoms with van der Waals surface area (Å²) in [7, 11) is -0.911. The highest BCUT2D eigenvalue weighted by Gasteiger charge is 2.27. The van der Waals surface area contributed by atoms with Gasteiger partial charge in [0.15, 0.2) is 5.78 Å². The number of carbonyl (C=O) groups excluding carboxylic acids is 1. The Morgan fingerprint density at radius 2 is 2.00 bits per heavy atom. The van der Waals surface area contributed by atoms with Gasteiger partial charge in [0.2, 0.25) is 0 Å². The van der Waals surface area contributed by atoms with Crippen molar-refractivity contribution in [3.63, 3.8) is 0 Å². The number of halogens is 1. The van der Waals surface area contributed by atoms with Gasteiger partial charge in [-0.1, -0.05) is 18.2 Å². The second-order valence-corrected chi connectivity index (χ2v) is 4.80. The molecular weight excluding hydrogens is 258 g/mol. The van der Waals surface area contributed by atoms with E-state index < -0.39 is 7.12 Å². The van der Waals surface area contributed by atoms with Crippen molar-refractivity contribution in [3.8, 4) is 0 Å². The fourth-order valence-corrected chi connectivity index (χ4v) is 2.30. The summed E-state index contributed by atoms with van der Waals surface area (Å²) in [6.45, 7) is 0.392. The number of ketones is 1. The Bertz CT molecular complexity index is 655. The molecule has 3 nitrogen and oxygen atoms in total. The van der Waals surface area contributed by atoms with E-state index in [2.05, 4.69) is 0 Å². The maximum Gasteiger partial charge on any atom is 0.491 e. The van der Waals surface area contributed by atoms with Crippen LogP contribution in [-0.2, 0) is 17.7 Å². The summed E-state index contributed by atoms with van der Waals surface area (Å²) in [5, 5.41) is 9.64. The van der Waals surface area contributed by atoms with Crippen molar-refractivity contribution in [2.24, 2.45) is 0 Å². The van der Waals surface area contributed by atoms with E-state index in [4.69, 9.17) is 4.65 Å². The topological polar surface area (TPSA) is 46.5 Å². The second-order valence-electron chi connectivity index (χ2n) is 4.80. The van der Waals surface area contributed by atoms with E-state index in [0.29, 0.717) is 12.2 Å². The first-order valence-electron chi connectivity index (χ1n) is 6.33. The third kappa shape index (κ3) is 2.50. The minimum atomic E-state index is -0.911. The van der Waals surface area contributed by atoms with Gasteiger partial charge in [0.25, 0.3) is 0 Å². The molecule has 1 aliphatic heterocycles. The predicted molar refractivity (Wildman–Crippen MR) is 73.3 cm³/mol. The Kier molecular flexibility index (Phi) is 3.38. The number of rotatable bonds is 3. The zero-order valence-electron chi connectivity index (χ0n) is 10.7. The van der Waals surface area contributed by atoms with Crippen LogP contribution in [0.5, 0.6) is 0 Å². The van der Waals surface area contributed by atoms with E-state index in [1.807, 2.05) is 12.1 Å². The zero-order chi connectivity index (χ0) is 14.1. The molecule has 100 valence electrons. The van der Waals surface area contributed by atoms with E-state index >= 15 is 0 Å². The molecule has 0 amide bonds. The van der Waals surface area contributed by atoms with E-state index in [9.17, 15) is 14.2 Å². The van der Waals surface area contributed by atoms with Crippen molar-refractivity contribution in [2.45, 2.75) is 13.0 Å². The lowest BCUT2D eigenvalue weighted by atomic mass is 9.78. The van der Waals surface area contributed by atoms with Crippen molar-refractivity contribution in [3.05, 3.63) is 65.0 Å². The van der Waals surface area contributed by atoms with Crippen LogP contribution in [0.4, 0.5) is 4.39 Å². The Balaban J connectivity index is 1.79. The lowest BCUT2D eigenvalue weighted by Crippen LogP contribution is -2.28. The molecule has 0 radical (unpaired) electrons. The molecule has 0 unspecified atom stereocenters. The highest BCUT2D eigenvalue weighted by molar-refractivity contribution is 6.61. The Morgan fingerprint density at radius 3 is 2.75 bits per heavy atom. The zero-order valence-corrected chi connectivity index (χ0v) is 10.7. The van der Waals surface area contributed by atoms with Gasteiger partial charge in [-0.15, -0.1) is 0 Å². The van der Waals surface area contributed by atoms with E-state index in [-0.39, 0.29) is 18.0 Å². The summed E-state index contributed by atoms with van der Waals surface area (Å²) in [6.07, 6.45) is 0.214. The molecule has 1 heterocycles. The highest BCUT2D eigenvalue weighted by atomic mass is 19.1. The summed E-state index contributed by atoms with van der Waals surface area (Å²) in [5.41, 5.74) is 2.94. The van der Waals surface area contributed by atoms with Gasteiger partial charge in [-0.3, -0.25) is 4.79 Å². The molecule has 0 aromatic heterocycles. The first kappa shape index (κ1) is 13.0. The number of benzene rings is 2. The number of hydrogen-bond donors (Lipinski definition) is 1. The maximum atomic E-state index is 12.8. The molecule has 0 fully saturated rings. The lowest BCUT2D eigenvalue weighted by Gasteiger charge is -2.04. The van der Waals surface area contributed by atoms with Gasteiger partial charge >= 0.3 is 7.12 Å². The monoisotopic (exact) mass is 270 g/mol. The SMILES string of the molecule is O=C(Cc1ccc2c(c1)B(O)OC2)c1ccc(F)cc1. The minimum Gasteiger partial charge on any atom is -0.423 e. The molecule has 0 atom stereocenters. The molecule has 5 heteroatoms. The molecule has 3 rings (SSSR count). The van der Waals surface area contributed by atoms with Crippen LogP contribution in [-0.4, -0.2) is 17.9 Å². The first-order valence-corrected chi connectivity index (χ1v) is 6.33. The smallest absolute Gasteiger partial charge is 0.423 e. The number of hydrogen-bond acceptors (Lipinski definition) is 3. The third-order valence-corrected chi connectivity index (χ3v) is 3.40. The van der Waals surface area contributed by atoms with Crippen molar-refractivity contribution < 1.29 is 18.9 Å². The Morgan fingerprint density at radius 1 is 1.25 bits per heavy atom. The third-order valence-electron chi connectivity index (χ3n) is 3.40. The summed E-state index contributed by atoms with van der Waals surface area (Å²) >= 11 is 0. The number of fused-ring (bicyclic) bond motifs is 1. The van der Waals surface area contributed by atoms with Crippen LogP contribution in [0.15, 0.2) is 42.5 Å². The fraction of sp³-hybridized carbons (Fsp3) is 0.133. The predicted octanol–water partition coefficient (Wildman–Crippen LogP) is 1.47. The lowest BCUT2D eigenvalue weighted by molar-refractivity contribution is 0.0993. The van der Waals surface area contributed by atoms with E-state index in [1.165, 1.54) is 24.3 Å². The molecular formula is C15H12BFO3. The van der Waals surface area contributed by atoms with Crippen molar-refractivity contribution in [1.82, 2.24) is 0 Å². The standard InChI is InChI=1S/C15H12BFO3/c17-13-5-3-11(4-6-13)15(18)8-10-1-2-12-9-20-16(19)14(12)7-10/h1-7,19H,8-9H2. The van der Waals surface area contributed by atoms with Crippen LogP contribution in [0.25, 0.3) is 0 Å². The Hall–Kier alpha value is -1.98. The molecule has 1 aliphatic rings. The van der Waals surface area contributed by atoms with Gasteiger partial charge in [0.05, 0.1) is 6.61 Å². The van der Waals surface area contributed by atoms with Crippen LogP contribution < -0.4 is 5.46 Å². The normalized spacial score (nSPS) is 13.4. The van der Waals surface area contributed by atoms with Crippen molar-refractivity contribution in [1.29, 1.82) is 0 Å². The molecule has 0 bridgehead atoms. The quantitative estimate of drug-likeness (QED) is 0.678. The molecule has 0 saturated heterocycles. The fourth-order valence-electron chi connectivity index (χ4n) is 2.30. The van der Waals surface area contributed by atoms with Crippen LogP contribution in [0, 0.1) is 5.82 Å². The summed E-state index contributed by atoms with van der Waals surface area (Å²) in [5.74, 6) is -0.447. The van der Waals surface area contributed by atoms with Crippen LogP contribution in [0.2, 0.25) is 0 Å². The Labute approximate surface area is 116 Å². The molecule has 2 aromatic rings. The molecule has 0 saturated carbocycles. The van der Waals surface area contributed by atoms with Crippen LogP contribution in [0.1, 0.15) is 21.5 Å². The molecule has 1 N–H and O–H groups in total. The van der Waals surface area contributed by atoms with Crippen molar-refractivity contribution in [2.75, 3.05) is 0 Å². The van der Waals surface area contributed by atoms with Gasteiger partial charge in [-0.25, -0.2) is 4.39 Å². The van der Waals surface area contributed by atoms with E-state index in [1.54, 1.807) is 6.07 Å². The molecule has 0 aliphatic carbocycles. The first-order chi connectivity index (χ1) is 9.63. The summed E-state index contributed by atoms with van der Waals surface area (Å²) in [6, 6.07) is 11.0. The average molecular weight is 270 g/mol. The second kappa shape index (κ2) is 5.19. The van der Waals surface area contributed by atoms with Gasteiger partial charge in [0.1, 0.15) is 5.82 Å². The van der Waals surface area contributed by atoms with Crippen LogP contribution >= 0.6 is 0 Å². The van der Waals surface area contributed by atoms with Gasteiger partial charge in [-0.05, 0) is 40.9 Å². The number of carbonyl (C=O) groups is 1. The van der Waals surface area contributed by atoms with Gasteiger partial charge in [-0.2, -0.15) is 0 Å². The number of Topliss-reactive ketones (excluding diaryl/α,β-unsaturated/α-hetero) is 1. The van der Waals surface area contributed by atoms with Crippen LogP contribution in [0.3, 0.4) is 0 Å². The summed E-state index contributed by atoms with van der Waals surface area (Å²) < 4.78 is 17.9. The molecule has 2 aromatic carbocycles. The average Bonchev–Trinajstić information content (AvgIpc) is 2.81. The summed E-state index contributed by atoms with van der Waals surface area (Å²) in [4.78, 5) is 12.1.